The van der Waals surface area contributed by atoms with E-state index in [2.05, 4.69) is 5.32 Å². The van der Waals surface area contributed by atoms with E-state index in [1.807, 2.05) is 0 Å². The molecular formula is C14H13ClN2O2. The molecule has 1 heterocycles. The maximum absolute atomic E-state index is 11.9. The van der Waals surface area contributed by atoms with E-state index in [1.165, 1.54) is 4.57 Å². The first-order chi connectivity index (χ1) is 9.08. The third kappa shape index (κ3) is 3.23. The second-order valence-electron chi connectivity index (χ2n) is 4.14. The number of halogens is 1. The molecule has 1 aromatic carbocycles. The number of pyridine rings is 1. The van der Waals surface area contributed by atoms with Gasteiger partial charge in [-0.25, -0.2) is 0 Å². The quantitative estimate of drug-likeness (QED) is 0.932. The molecule has 0 unspecified atom stereocenters. The lowest BCUT2D eigenvalue weighted by Crippen LogP contribution is -2.28. The van der Waals surface area contributed by atoms with Crippen LogP contribution in [0.4, 0.5) is 0 Å². The largest absolute Gasteiger partial charge is 0.348 e. The molecule has 19 heavy (non-hydrogen) atoms. The number of hydrogen-bond donors (Lipinski definition) is 1. The van der Waals surface area contributed by atoms with E-state index in [-0.39, 0.29) is 18.0 Å². The highest BCUT2D eigenvalue weighted by Gasteiger charge is 2.07. The summed E-state index contributed by atoms with van der Waals surface area (Å²) in [5, 5.41) is 3.20. The van der Waals surface area contributed by atoms with Crippen molar-refractivity contribution in [1.82, 2.24) is 9.88 Å². The minimum atomic E-state index is -0.256. The number of hydrogen-bond acceptors (Lipinski definition) is 2. The first-order valence-electron chi connectivity index (χ1n) is 5.76. The second-order valence-corrected chi connectivity index (χ2v) is 4.58. The zero-order valence-corrected chi connectivity index (χ0v) is 11.1. The number of amides is 1. The smallest absolute Gasteiger partial charge is 0.255 e. The SMILES string of the molecule is Cn1cccc(CNC(=O)c2cccc(Cl)c2)c1=O. The second kappa shape index (κ2) is 5.71. The Kier molecular flexibility index (Phi) is 4.02. The third-order valence-electron chi connectivity index (χ3n) is 2.73. The standard InChI is InChI=1S/C14H13ClN2O2/c1-17-7-3-5-11(14(17)19)9-16-13(18)10-4-2-6-12(15)8-10/h2-8H,9H2,1H3,(H,16,18). The van der Waals surface area contributed by atoms with E-state index in [4.69, 9.17) is 11.6 Å². The highest BCUT2D eigenvalue weighted by Crippen LogP contribution is 2.10. The Hall–Kier alpha value is -2.07. The van der Waals surface area contributed by atoms with Gasteiger partial charge >= 0.3 is 0 Å². The molecule has 0 aliphatic heterocycles. The summed E-state index contributed by atoms with van der Waals surface area (Å²) in [6, 6.07) is 10.1. The van der Waals surface area contributed by atoms with E-state index >= 15 is 0 Å². The summed E-state index contributed by atoms with van der Waals surface area (Å²) in [6.07, 6.45) is 1.67. The molecule has 4 nitrogen and oxygen atoms in total. The lowest BCUT2D eigenvalue weighted by molar-refractivity contribution is 0.0950. The maximum Gasteiger partial charge on any atom is 0.255 e. The predicted octanol–water partition coefficient (Wildman–Crippen LogP) is 1.97. The van der Waals surface area contributed by atoms with Crippen LogP contribution in [0.15, 0.2) is 47.4 Å². The number of nitrogens with zero attached hydrogens (tertiary/aromatic N) is 1. The molecule has 0 radical (unpaired) electrons. The summed E-state index contributed by atoms with van der Waals surface area (Å²) >= 11 is 5.82. The molecule has 1 N–H and O–H groups in total. The zero-order chi connectivity index (χ0) is 13.8. The van der Waals surface area contributed by atoms with Gasteiger partial charge in [0.2, 0.25) is 0 Å². The van der Waals surface area contributed by atoms with Crippen molar-refractivity contribution in [2.24, 2.45) is 7.05 Å². The Labute approximate surface area is 115 Å². The highest BCUT2D eigenvalue weighted by atomic mass is 35.5. The van der Waals surface area contributed by atoms with E-state index in [0.29, 0.717) is 16.1 Å². The average molecular weight is 277 g/mol. The summed E-state index contributed by atoms with van der Waals surface area (Å²) in [6.45, 7) is 0.193. The number of rotatable bonds is 3. The van der Waals surface area contributed by atoms with Crippen LogP contribution in [0.5, 0.6) is 0 Å². The van der Waals surface area contributed by atoms with Crippen LogP contribution in [0, 0.1) is 0 Å². The summed E-state index contributed by atoms with van der Waals surface area (Å²) in [5.74, 6) is -0.256. The zero-order valence-electron chi connectivity index (χ0n) is 10.4. The molecule has 98 valence electrons. The van der Waals surface area contributed by atoms with Crippen molar-refractivity contribution in [2.45, 2.75) is 6.54 Å². The number of nitrogens with one attached hydrogen (secondary N) is 1. The molecule has 0 saturated heterocycles. The molecule has 2 aromatic rings. The van der Waals surface area contributed by atoms with Crippen LogP contribution in [-0.4, -0.2) is 10.5 Å². The van der Waals surface area contributed by atoms with Crippen molar-refractivity contribution in [3.63, 3.8) is 0 Å². The van der Waals surface area contributed by atoms with Crippen LogP contribution in [0.3, 0.4) is 0 Å². The van der Waals surface area contributed by atoms with Gasteiger partial charge in [-0.2, -0.15) is 0 Å². The van der Waals surface area contributed by atoms with Crippen molar-refractivity contribution in [3.8, 4) is 0 Å². The van der Waals surface area contributed by atoms with Gasteiger partial charge in [0, 0.05) is 35.9 Å². The fourth-order valence-corrected chi connectivity index (χ4v) is 1.89. The molecule has 0 saturated carbocycles. The Balaban J connectivity index is 2.09. The minimum absolute atomic E-state index is 0.117. The van der Waals surface area contributed by atoms with Gasteiger partial charge in [0.1, 0.15) is 0 Å². The molecule has 1 amide bonds. The van der Waals surface area contributed by atoms with Crippen molar-refractivity contribution in [2.75, 3.05) is 0 Å². The Morgan fingerprint density at radius 3 is 2.84 bits per heavy atom. The van der Waals surface area contributed by atoms with Gasteiger partial charge in [0.15, 0.2) is 0 Å². The van der Waals surface area contributed by atoms with E-state index < -0.39 is 0 Å². The highest BCUT2D eigenvalue weighted by molar-refractivity contribution is 6.30. The van der Waals surface area contributed by atoms with Crippen LogP contribution >= 0.6 is 11.6 Å². The number of carbonyl (C=O) groups excluding carboxylic acids is 1. The first-order valence-corrected chi connectivity index (χ1v) is 6.14. The van der Waals surface area contributed by atoms with Crippen LogP contribution in [0.2, 0.25) is 5.02 Å². The predicted molar refractivity (Wildman–Crippen MR) is 74.3 cm³/mol. The molecule has 0 bridgehead atoms. The van der Waals surface area contributed by atoms with Crippen LogP contribution in [0.25, 0.3) is 0 Å². The van der Waals surface area contributed by atoms with Gasteiger partial charge in [-0.05, 0) is 24.3 Å². The average Bonchev–Trinajstić information content (AvgIpc) is 2.40. The third-order valence-corrected chi connectivity index (χ3v) is 2.96. The Morgan fingerprint density at radius 1 is 1.32 bits per heavy atom. The Bertz CT molecular complexity index is 664. The lowest BCUT2D eigenvalue weighted by atomic mass is 10.2. The van der Waals surface area contributed by atoms with Crippen molar-refractivity contribution in [3.05, 3.63) is 69.1 Å². The minimum Gasteiger partial charge on any atom is -0.348 e. The summed E-state index contributed by atoms with van der Waals surface area (Å²) in [4.78, 5) is 23.7. The Morgan fingerprint density at radius 2 is 2.11 bits per heavy atom. The van der Waals surface area contributed by atoms with Gasteiger partial charge in [0.05, 0.1) is 0 Å². The van der Waals surface area contributed by atoms with Gasteiger partial charge in [0.25, 0.3) is 11.5 Å². The van der Waals surface area contributed by atoms with Crippen LogP contribution in [0.1, 0.15) is 15.9 Å². The van der Waals surface area contributed by atoms with Gasteiger partial charge in [-0.1, -0.05) is 23.7 Å². The number of carbonyl (C=O) groups is 1. The molecule has 0 atom stereocenters. The normalized spacial score (nSPS) is 10.2. The molecule has 5 heteroatoms. The first kappa shape index (κ1) is 13.4. The van der Waals surface area contributed by atoms with Crippen LogP contribution < -0.4 is 10.9 Å². The monoisotopic (exact) mass is 276 g/mol. The van der Waals surface area contributed by atoms with Crippen LogP contribution in [-0.2, 0) is 13.6 Å². The topological polar surface area (TPSA) is 51.1 Å². The number of aromatic nitrogens is 1. The van der Waals surface area contributed by atoms with Gasteiger partial charge in [-0.3, -0.25) is 9.59 Å². The van der Waals surface area contributed by atoms with Crippen molar-refractivity contribution >= 4 is 17.5 Å². The molecule has 0 aliphatic rings. The fraction of sp³-hybridized carbons (Fsp3) is 0.143. The molecular weight excluding hydrogens is 264 g/mol. The van der Waals surface area contributed by atoms with Crippen molar-refractivity contribution in [1.29, 1.82) is 0 Å². The summed E-state index contributed by atoms with van der Waals surface area (Å²) in [5.41, 5.74) is 0.898. The molecule has 1 aromatic heterocycles. The lowest BCUT2D eigenvalue weighted by Gasteiger charge is -2.06. The van der Waals surface area contributed by atoms with E-state index in [0.717, 1.165) is 0 Å². The molecule has 0 spiro atoms. The maximum atomic E-state index is 11.9. The van der Waals surface area contributed by atoms with Gasteiger partial charge in [-0.15, -0.1) is 0 Å². The van der Waals surface area contributed by atoms with E-state index in [9.17, 15) is 9.59 Å². The fourth-order valence-electron chi connectivity index (χ4n) is 1.70. The van der Waals surface area contributed by atoms with Crippen molar-refractivity contribution < 1.29 is 4.79 Å². The van der Waals surface area contributed by atoms with Gasteiger partial charge < -0.3 is 9.88 Å². The summed E-state index contributed by atoms with van der Waals surface area (Å²) in [7, 11) is 1.67. The summed E-state index contributed by atoms with van der Waals surface area (Å²) < 4.78 is 1.47. The molecule has 2 rings (SSSR count). The molecule has 0 aliphatic carbocycles. The number of aryl methyl sites for hydroxylation is 1. The van der Waals surface area contributed by atoms with E-state index in [1.54, 1.807) is 49.6 Å². The molecule has 0 fully saturated rings. The number of benzene rings is 1.